The first-order valence-corrected chi connectivity index (χ1v) is 36.5. The van der Waals surface area contributed by atoms with E-state index in [1.165, 1.54) is 30.0 Å². The van der Waals surface area contributed by atoms with E-state index in [4.69, 9.17) is 22.1 Å². The molecule has 0 atom stereocenters. The van der Waals surface area contributed by atoms with E-state index in [1.807, 2.05) is 0 Å². The molecule has 2 rings (SSSR count). The molecule has 46 heavy (non-hydrogen) atoms. The summed E-state index contributed by atoms with van der Waals surface area (Å²) in [6, 6.07) is 21.3. The normalized spacial score (nSPS) is 13.6. The van der Waals surface area contributed by atoms with Gasteiger partial charge in [0.1, 0.15) is 19.6 Å². The van der Waals surface area contributed by atoms with E-state index in [0.29, 0.717) is 0 Å². The SMILES string of the molecule is CCCC[Si](C)(C)OC[Si](CC)(CO[Si](C)(C)Cc1ccccc1O[Si](C)(C)C)CO[Si](C)(C)Cc1ccccc1O[Si](C)(C)C. The highest BCUT2D eigenvalue weighted by atomic mass is 28.4. The van der Waals surface area contributed by atoms with E-state index in [-0.39, 0.29) is 0 Å². The number of hydrogen-bond acceptors (Lipinski definition) is 5. The maximum atomic E-state index is 7.09. The van der Waals surface area contributed by atoms with Crippen LogP contribution in [0.15, 0.2) is 48.5 Å². The van der Waals surface area contributed by atoms with Gasteiger partial charge in [0.05, 0.1) is 0 Å². The first-order valence-electron chi connectivity index (χ1n) is 17.5. The van der Waals surface area contributed by atoms with Crippen LogP contribution in [0.3, 0.4) is 0 Å². The Morgan fingerprint density at radius 2 is 0.870 bits per heavy atom. The van der Waals surface area contributed by atoms with Crippen molar-refractivity contribution < 1.29 is 22.1 Å². The van der Waals surface area contributed by atoms with Gasteiger partial charge in [0.2, 0.25) is 16.6 Å². The minimum absolute atomic E-state index is 0.790. The van der Waals surface area contributed by atoms with Crippen LogP contribution < -0.4 is 8.85 Å². The largest absolute Gasteiger partial charge is 0.544 e. The number of benzene rings is 2. The van der Waals surface area contributed by atoms with Gasteiger partial charge < -0.3 is 22.1 Å². The van der Waals surface area contributed by atoms with Crippen LogP contribution in [-0.4, -0.2) is 68.4 Å². The Labute approximate surface area is 289 Å². The lowest BCUT2D eigenvalue weighted by Crippen LogP contribution is -2.57. The minimum Gasteiger partial charge on any atom is -0.544 e. The average molecular weight is 737 g/mol. The maximum absolute atomic E-state index is 7.09. The van der Waals surface area contributed by atoms with Crippen molar-refractivity contribution in [3.8, 4) is 11.5 Å². The molecule has 0 aliphatic carbocycles. The van der Waals surface area contributed by atoms with Crippen molar-refractivity contribution in [3.05, 3.63) is 59.7 Å². The molecule has 0 aromatic heterocycles. The van der Waals surface area contributed by atoms with Gasteiger partial charge in [-0.05, 0) is 120 Å². The van der Waals surface area contributed by atoms with Crippen LogP contribution in [0, 0.1) is 0 Å². The highest BCUT2D eigenvalue weighted by Crippen LogP contribution is 2.29. The Bertz CT molecular complexity index is 1130. The van der Waals surface area contributed by atoms with E-state index in [0.717, 1.165) is 48.3 Å². The van der Waals surface area contributed by atoms with Crippen molar-refractivity contribution in [2.75, 3.05) is 18.7 Å². The minimum atomic E-state index is -2.09. The Morgan fingerprint density at radius 3 is 1.22 bits per heavy atom. The van der Waals surface area contributed by atoms with Gasteiger partial charge >= 0.3 is 0 Å². The second-order valence-corrected chi connectivity index (χ2v) is 43.2. The topological polar surface area (TPSA) is 46.2 Å². The molecule has 0 heterocycles. The fraction of sp³-hybridized carbons (Fsp3) is 0.657. The fourth-order valence-corrected chi connectivity index (χ4v) is 20.2. The van der Waals surface area contributed by atoms with Crippen LogP contribution >= 0.6 is 0 Å². The van der Waals surface area contributed by atoms with Crippen LogP contribution in [0.25, 0.3) is 0 Å². The summed E-state index contributed by atoms with van der Waals surface area (Å²) in [7, 11) is -11.4. The second-order valence-electron chi connectivity index (χ2n) is 17.1. The standard InChI is InChI=1S/C35H68O5Si6/c1-15-17-26-43(9,10)36-29-46(16-2,30-37-44(11,12)27-32-22-18-20-24-34(32)39-41(3,4)5)31-38-45(13,14)28-33-23-19-21-25-35(33)40-42(6,7)8/h18-25H,15-17,26-31H2,1-14H3. The lowest BCUT2D eigenvalue weighted by Gasteiger charge is -2.39. The summed E-state index contributed by atoms with van der Waals surface area (Å²) in [4.78, 5) is 0. The van der Waals surface area contributed by atoms with E-state index in [9.17, 15) is 0 Å². The zero-order chi connectivity index (χ0) is 34.9. The summed E-state index contributed by atoms with van der Waals surface area (Å²) in [5, 5.41) is 0. The lowest BCUT2D eigenvalue weighted by molar-refractivity contribution is 0.299. The van der Waals surface area contributed by atoms with Gasteiger partial charge in [0.15, 0.2) is 25.0 Å². The Hall–Kier alpha value is -0.779. The Morgan fingerprint density at radius 1 is 0.500 bits per heavy atom. The number of unbranched alkanes of at least 4 members (excludes halogenated alkanes) is 1. The van der Waals surface area contributed by atoms with Crippen LogP contribution in [0.1, 0.15) is 37.8 Å². The van der Waals surface area contributed by atoms with Crippen molar-refractivity contribution in [1.82, 2.24) is 0 Å². The van der Waals surface area contributed by atoms with Gasteiger partial charge in [-0.3, -0.25) is 0 Å². The van der Waals surface area contributed by atoms with Crippen LogP contribution in [-0.2, 0) is 25.4 Å². The zero-order valence-electron chi connectivity index (χ0n) is 32.0. The van der Waals surface area contributed by atoms with Gasteiger partial charge in [0, 0.05) is 18.7 Å². The fourth-order valence-electron chi connectivity index (χ4n) is 5.33. The van der Waals surface area contributed by atoms with Crippen LogP contribution in [0.4, 0.5) is 0 Å². The predicted octanol–water partition coefficient (Wildman–Crippen LogP) is 10.5. The number of hydrogen-bond donors (Lipinski definition) is 0. The molecule has 2 aromatic carbocycles. The molecule has 0 unspecified atom stereocenters. The molecule has 0 aliphatic heterocycles. The highest BCUT2D eigenvalue weighted by molar-refractivity contribution is 6.83. The molecule has 0 amide bonds. The number of para-hydroxylation sites is 2. The molecule has 262 valence electrons. The molecule has 5 nitrogen and oxygen atoms in total. The van der Waals surface area contributed by atoms with Gasteiger partial charge in [-0.25, -0.2) is 0 Å². The molecule has 0 aliphatic rings. The summed E-state index contributed by atoms with van der Waals surface area (Å²) in [6.45, 7) is 32.3. The average Bonchev–Trinajstić information content (AvgIpc) is 2.92. The van der Waals surface area contributed by atoms with Gasteiger partial charge in [-0.2, -0.15) is 0 Å². The van der Waals surface area contributed by atoms with Gasteiger partial charge in [0.25, 0.3) is 0 Å². The summed E-state index contributed by atoms with van der Waals surface area (Å²) < 4.78 is 34.1. The van der Waals surface area contributed by atoms with E-state index in [2.05, 4.69) is 141 Å². The van der Waals surface area contributed by atoms with Crippen molar-refractivity contribution in [3.63, 3.8) is 0 Å². The predicted molar refractivity (Wildman–Crippen MR) is 214 cm³/mol. The molecule has 0 bridgehead atoms. The first kappa shape index (κ1) is 41.4. The smallest absolute Gasteiger partial charge is 0.242 e. The molecule has 0 saturated carbocycles. The van der Waals surface area contributed by atoms with Crippen LogP contribution in [0.5, 0.6) is 11.5 Å². The molecule has 0 saturated heterocycles. The van der Waals surface area contributed by atoms with Crippen molar-refractivity contribution in [1.29, 1.82) is 0 Å². The van der Waals surface area contributed by atoms with Gasteiger partial charge in [-0.15, -0.1) is 0 Å². The summed E-state index contributed by atoms with van der Waals surface area (Å²) >= 11 is 0. The van der Waals surface area contributed by atoms with Crippen molar-refractivity contribution in [2.24, 2.45) is 0 Å². The van der Waals surface area contributed by atoms with E-state index >= 15 is 0 Å². The molecule has 0 fully saturated rings. The molecular weight excluding hydrogens is 669 g/mol. The maximum Gasteiger partial charge on any atom is 0.242 e. The van der Waals surface area contributed by atoms with E-state index in [1.54, 1.807) is 0 Å². The highest BCUT2D eigenvalue weighted by Gasteiger charge is 2.40. The molecule has 11 heteroatoms. The zero-order valence-corrected chi connectivity index (χ0v) is 38.0. The van der Waals surface area contributed by atoms with E-state index < -0.39 is 49.7 Å². The molecule has 0 N–H and O–H groups in total. The Balaban J connectivity index is 2.28. The first-order chi connectivity index (χ1) is 21.1. The van der Waals surface area contributed by atoms with Crippen molar-refractivity contribution in [2.45, 2.75) is 129 Å². The second kappa shape index (κ2) is 17.2. The molecule has 2 aromatic rings. The third-order valence-electron chi connectivity index (χ3n) is 8.20. The molecule has 0 spiro atoms. The lowest BCUT2D eigenvalue weighted by atomic mass is 10.2. The van der Waals surface area contributed by atoms with Crippen molar-refractivity contribution >= 4 is 49.7 Å². The third kappa shape index (κ3) is 15.6. The Kier molecular flexibility index (Phi) is 15.5. The quantitative estimate of drug-likeness (QED) is 0.119. The molecule has 0 radical (unpaired) electrons. The van der Waals surface area contributed by atoms with Crippen LogP contribution in [0.2, 0.25) is 90.7 Å². The van der Waals surface area contributed by atoms with Gasteiger partial charge in [-0.1, -0.05) is 69.1 Å². The summed E-state index contributed by atoms with van der Waals surface area (Å²) in [5.41, 5.74) is 2.55. The third-order valence-corrected chi connectivity index (χ3v) is 21.3. The number of rotatable bonds is 21. The monoisotopic (exact) mass is 736 g/mol. The summed E-state index contributed by atoms with van der Waals surface area (Å²) in [6.07, 6.45) is 4.86. The molecular formula is C35H68O5Si6. The summed E-state index contributed by atoms with van der Waals surface area (Å²) in [5.74, 6) is 2.07.